The van der Waals surface area contributed by atoms with Gasteiger partial charge in [-0.2, -0.15) is 5.10 Å². The summed E-state index contributed by atoms with van der Waals surface area (Å²) in [6.45, 7) is 7.69. The van der Waals surface area contributed by atoms with E-state index in [0.29, 0.717) is 13.1 Å². The van der Waals surface area contributed by atoms with Gasteiger partial charge in [0.1, 0.15) is 0 Å². The maximum Gasteiger partial charge on any atom is 0.312 e. The third-order valence-electron chi connectivity index (χ3n) is 5.80. The van der Waals surface area contributed by atoms with Gasteiger partial charge in [0.15, 0.2) is 0 Å². The summed E-state index contributed by atoms with van der Waals surface area (Å²) in [5.41, 5.74) is 5.13. The largest absolute Gasteiger partial charge is 0.481 e. The summed E-state index contributed by atoms with van der Waals surface area (Å²) in [5, 5.41) is 20.4. The minimum atomic E-state index is -0.674. The zero-order valence-corrected chi connectivity index (χ0v) is 14.7. The van der Waals surface area contributed by atoms with Gasteiger partial charge in [0.2, 0.25) is 0 Å². The Bertz CT molecular complexity index is 816. The van der Waals surface area contributed by atoms with Crippen LogP contribution in [-0.2, 0) is 11.3 Å². The first-order valence-electron chi connectivity index (χ1n) is 8.76. The van der Waals surface area contributed by atoms with Crippen molar-refractivity contribution in [2.45, 2.75) is 20.4 Å². The summed E-state index contributed by atoms with van der Waals surface area (Å²) in [6.07, 6.45) is 1.87. The van der Waals surface area contributed by atoms with Crippen molar-refractivity contribution in [2.24, 2.45) is 11.3 Å². The second kappa shape index (κ2) is 5.97. The molecule has 2 saturated heterocycles. The Hall–Kier alpha value is -2.18. The standard InChI is InChI=1S/C19H24N4O2/c1-12-3-4-13(2)16(5-12)17-14(6-21-22-17)8-23-9-15-7-20-10-19(15,11-23)18(24)25/h3-6,15,20H,7-11H2,1-2H3,(H,21,22)(H,24,25)/t15-,19-/m0/s1. The summed E-state index contributed by atoms with van der Waals surface area (Å²) < 4.78 is 0. The molecule has 2 atom stereocenters. The molecule has 0 radical (unpaired) electrons. The van der Waals surface area contributed by atoms with Crippen molar-refractivity contribution in [3.05, 3.63) is 41.1 Å². The van der Waals surface area contributed by atoms with Crippen LogP contribution in [0.25, 0.3) is 11.3 Å². The fourth-order valence-corrected chi connectivity index (χ4v) is 4.36. The van der Waals surface area contributed by atoms with E-state index in [2.05, 4.69) is 52.5 Å². The highest BCUT2D eigenvalue weighted by Gasteiger charge is 2.55. The van der Waals surface area contributed by atoms with Gasteiger partial charge in [-0.3, -0.25) is 14.8 Å². The van der Waals surface area contributed by atoms with E-state index < -0.39 is 11.4 Å². The third kappa shape index (κ3) is 2.65. The molecule has 0 bridgehead atoms. The zero-order chi connectivity index (χ0) is 17.6. The van der Waals surface area contributed by atoms with Crippen LogP contribution in [-0.4, -0.2) is 52.4 Å². The number of rotatable bonds is 4. The Morgan fingerprint density at radius 2 is 2.28 bits per heavy atom. The minimum Gasteiger partial charge on any atom is -0.481 e. The Kier molecular flexibility index (Phi) is 3.89. The molecule has 4 rings (SSSR count). The van der Waals surface area contributed by atoms with E-state index in [4.69, 9.17) is 0 Å². The number of H-pyrrole nitrogens is 1. The third-order valence-corrected chi connectivity index (χ3v) is 5.80. The first-order valence-corrected chi connectivity index (χ1v) is 8.76. The molecule has 132 valence electrons. The lowest BCUT2D eigenvalue weighted by Crippen LogP contribution is -2.40. The Labute approximate surface area is 147 Å². The van der Waals surface area contributed by atoms with Crippen LogP contribution in [0, 0.1) is 25.2 Å². The van der Waals surface area contributed by atoms with E-state index >= 15 is 0 Å². The molecular formula is C19H24N4O2. The number of benzene rings is 1. The number of likely N-dealkylation sites (tertiary alicyclic amines) is 1. The molecule has 25 heavy (non-hydrogen) atoms. The number of carbonyl (C=O) groups is 1. The lowest BCUT2D eigenvalue weighted by Gasteiger charge is -2.22. The van der Waals surface area contributed by atoms with Crippen molar-refractivity contribution >= 4 is 5.97 Å². The molecule has 6 nitrogen and oxygen atoms in total. The minimum absolute atomic E-state index is 0.182. The van der Waals surface area contributed by atoms with E-state index in [1.54, 1.807) is 0 Å². The number of aromatic nitrogens is 2. The number of carboxylic acids is 1. The van der Waals surface area contributed by atoms with Crippen molar-refractivity contribution in [3.8, 4) is 11.3 Å². The van der Waals surface area contributed by atoms with Crippen molar-refractivity contribution < 1.29 is 9.90 Å². The van der Waals surface area contributed by atoms with Gasteiger partial charge in [-0.05, 0) is 25.5 Å². The van der Waals surface area contributed by atoms with Gasteiger partial charge in [-0.15, -0.1) is 0 Å². The Balaban J connectivity index is 1.59. The number of nitrogens with one attached hydrogen (secondary N) is 2. The SMILES string of the molecule is Cc1ccc(C)c(-c2[nH]ncc2CN2C[C@@H]3CNC[C@]3(C(=O)O)C2)c1. The number of nitrogens with zero attached hydrogens (tertiary/aromatic N) is 2. The van der Waals surface area contributed by atoms with E-state index in [9.17, 15) is 9.90 Å². The van der Waals surface area contributed by atoms with Gasteiger partial charge in [0, 0.05) is 49.8 Å². The molecule has 1 aromatic heterocycles. The lowest BCUT2D eigenvalue weighted by atomic mass is 9.81. The second-order valence-electron chi connectivity index (χ2n) is 7.55. The number of aryl methyl sites for hydroxylation is 2. The van der Waals surface area contributed by atoms with Crippen molar-refractivity contribution in [1.29, 1.82) is 0 Å². The summed E-state index contributed by atoms with van der Waals surface area (Å²) in [4.78, 5) is 14.1. The average Bonchev–Trinajstić information content (AvgIpc) is 3.24. The van der Waals surface area contributed by atoms with Crippen LogP contribution in [0.3, 0.4) is 0 Å². The molecule has 0 amide bonds. The van der Waals surface area contributed by atoms with Crippen molar-refractivity contribution in [1.82, 2.24) is 20.4 Å². The summed E-state index contributed by atoms with van der Waals surface area (Å²) in [5.74, 6) is -0.493. The lowest BCUT2D eigenvalue weighted by molar-refractivity contribution is -0.148. The van der Waals surface area contributed by atoms with Crippen LogP contribution in [0.1, 0.15) is 16.7 Å². The first kappa shape index (κ1) is 16.3. The first-order chi connectivity index (χ1) is 12.0. The molecule has 3 heterocycles. The maximum absolute atomic E-state index is 11.8. The average molecular weight is 340 g/mol. The van der Waals surface area contributed by atoms with Crippen LogP contribution < -0.4 is 5.32 Å². The molecular weight excluding hydrogens is 316 g/mol. The highest BCUT2D eigenvalue weighted by Crippen LogP contribution is 2.40. The van der Waals surface area contributed by atoms with Crippen molar-refractivity contribution in [3.63, 3.8) is 0 Å². The normalized spacial score (nSPS) is 26.1. The van der Waals surface area contributed by atoms with Gasteiger partial charge in [0.25, 0.3) is 0 Å². The fourth-order valence-electron chi connectivity index (χ4n) is 4.36. The zero-order valence-electron chi connectivity index (χ0n) is 14.7. The predicted octanol–water partition coefficient (Wildman–Crippen LogP) is 1.80. The second-order valence-corrected chi connectivity index (χ2v) is 7.55. The topological polar surface area (TPSA) is 81.2 Å². The molecule has 2 aromatic rings. The van der Waals surface area contributed by atoms with Crippen LogP contribution in [0.5, 0.6) is 0 Å². The van der Waals surface area contributed by atoms with Crippen LogP contribution >= 0.6 is 0 Å². The van der Waals surface area contributed by atoms with E-state index in [1.807, 2.05) is 6.20 Å². The van der Waals surface area contributed by atoms with Gasteiger partial charge >= 0.3 is 5.97 Å². The van der Waals surface area contributed by atoms with Crippen LogP contribution in [0.2, 0.25) is 0 Å². The molecule has 0 unspecified atom stereocenters. The quantitative estimate of drug-likeness (QED) is 0.791. The number of hydrogen-bond donors (Lipinski definition) is 3. The molecule has 6 heteroatoms. The van der Waals surface area contributed by atoms with Crippen LogP contribution in [0.4, 0.5) is 0 Å². The monoisotopic (exact) mass is 340 g/mol. The Morgan fingerprint density at radius 3 is 3.04 bits per heavy atom. The van der Waals surface area contributed by atoms with E-state index in [1.165, 1.54) is 16.7 Å². The number of carboxylic acid groups (broad SMARTS) is 1. The van der Waals surface area contributed by atoms with Gasteiger partial charge in [0.05, 0.1) is 17.3 Å². The van der Waals surface area contributed by atoms with Crippen LogP contribution in [0.15, 0.2) is 24.4 Å². The summed E-state index contributed by atoms with van der Waals surface area (Å²) in [7, 11) is 0. The predicted molar refractivity (Wildman–Crippen MR) is 95.2 cm³/mol. The van der Waals surface area contributed by atoms with E-state index in [-0.39, 0.29) is 5.92 Å². The number of hydrogen-bond acceptors (Lipinski definition) is 4. The molecule has 0 spiro atoms. The molecule has 0 aliphatic carbocycles. The van der Waals surface area contributed by atoms with Gasteiger partial charge < -0.3 is 10.4 Å². The Morgan fingerprint density at radius 1 is 1.44 bits per heavy atom. The molecule has 0 saturated carbocycles. The molecule has 1 aromatic carbocycles. The fraction of sp³-hybridized carbons (Fsp3) is 0.474. The van der Waals surface area contributed by atoms with E-state index in [0.717, 1.165) is 30.9 Å². The maximum atomic E-state index is 11.8. The number of aromatic amines is 1. The number of fused-ring (bicyclic) bond motifs is 1. The number of aliphatic carboxylic acids is 1. The highest BCUT2D eigenvalue weighted by molar-refractivity contribution is 5.77. The summed E-state index contributed by atoms with van der Waals surface area (Å²) in [6, 6.07) is 6.41. The molecule has 3 N–H and O–H groups in total. The molecule has 2 aliphatic heterocycles. The molecule has 2 aliphatic rings. The highest BCUT2D eigenvalue weighted by atomic mass is 16.4. The van der Waals surface area contributed by atoms with Gasteiger partial charge in [-0.25, -0.2) is 0 Å². The summed E-state index contributed by atoms with van der Waals surface area (Å²) >= 11 is 0. The molecule has 2 fully saturated rings. The van der Waals surface area contributed by atoms with Gasteiger partial charge in [-0.1, -0.05) is 17.7 Å². The van der Waals surface area contributed by atoms with Crippen molar-refractivity contribution in [2.75, 3.05) is 26.2 Å². The smallest absolute Gasteiger partial charge is 0.312 e.